The molecule has 2 aliphatic heterocycles. The molecule has 0 radical (unpaired) electrons. The van der Waals surface area contributed by atoms with Gasteiger partial charge >= 0.3 is 0 Å². The van der Waals surface area contributed by atoms with E-state index < -0.39 is 0 Å². The first-order chi connectivity index (χ1) is 13.1. The Morgan fingerprint density at radius 1 is 1.30 bits per heavy atom. The Labute approximate surface area is 161 Å². The smallest absolute Gasteiger partial charge is 0.227 e. The molecular formula is C19H21ClN6O. The summed E-state index contributed by atoms with van der Waals surface area (Å²) in [6.45, 7) is 1.71. The first kappa shape index (κ1) is 16.6. The van der Waals surface area contributed by atoms with Crippen LogP contribution in [0.4, 0.5) is 5.95 Å². The molecule has 8 heteroatoms. The second-order valence-electron chi connectivity index (χ2n) is 7.51. The number of nitrogens with zero attached hydrogens (tertiary/aromatic N) is 4. The van der Waals surface area contributed by atoms with Crippen molar-refractivity contribution in [2.75, 3.05) is 18.0 Å². The highest BCUT2D eigenvalue weighted by molar-refractivity contribution is 6.35. The molecule has 2 atom stereocenters. The number of rotatable bonds is 3. The largest absolute Gasteiger partial charge is 0.361 e. The van der Waals surface area contributed by atoms with Crippen molar-refractivity contribution in [2.24, 2.45) is 13.0 Å². The van der Waals surface area contributed by atoms with Crippen molar-refractivity contribution >= 4 is 34.4 Å². The first-order valence-corrected chi connectivity index (χ1v) is 9.65. The van der Waals surface area contributed by atoms with E-state index in [9.17, 15) is 4.79 Å². The number of carbonyl (C=O) groups is 1. The van der Waals surface area contributed by atoms with Crippen LogP contribution in [0.25, 0.3) is 10.9 Å². The molecule has 0 spiro atoms. The predicted molar refractivity (Wildman–Crippen MR) is 104 cm³/mol. The summed E-state index contributed by atoms with van der Waals surface area (Å²) in [5, 5.41) is 13.8. The summed E-state index contributed by atoms with van der Waals surface area (Å²) in [5.74, 6) is 2.41. The van der Waals surface area contributed by atoms with E-state index >= 15 is 0 Å². The van der Waals surface area contributed by atoms with E-state index in [0.717, 1.165) is 52.8 Å². The highest BCUT2D eigenvalue weighted by Gasteiger charge is 2.38. The molecule has 0 aliphatic carbocycles. The Morgan fingerprint density at radius 2 is 2.19 bits per heavy atom. The third kappa shape index (κ3) is 2.77. The average molecular weight is 385 g/mol. The lowest BCUT2D eigenvalue weighted by atomic mass is 9.94. The summed E-state index contributed by atoms with van der Waals surface area (Å²) in [6.07, 6.45) is 4.22. The summed E-state index contributed by atoms with van der Waals surface area (Å²) >= 11 is 6.39. The van der Waals surface area contributed by atoms with Crippen LogP contribution in [0.5, 0.6) is 0 Å². The van der Waals surface area contributed by atoms with Crippen molar-refractivity contribution in [3.63, 3.8) is 0 Å². The van der Waals surface area contributed by atoms with Gasteiger partial charge < -0.3 is 19.8 Å². The number of nitrogens with one attached hydrogen (secondary N) is 2. The summed E-state index contributed by atoms with van der Waals surface area (Å²) in [6, 6.07) is 6.09. The van der Waals surface area contributed by atoms with Crippen LogP contribution < -0.4 is 10.2 Å². The summed E-state index contributed by atoms with van der Waals surface area (Å²) in [7, 11) is 2.00. The van der Waals surface area contributed by atoms with Crippen molar-refractivity contribution in [3.05, 3.63) is 40.8 Å². The molecule has 27 heavy (non-hydrogen) atoms. The third-order valence-corrected chi connectivity index (χ3v) is 6.15. The number of aromatic nitrogens is 4. The molecule has 3 aromatic rings. The van der Waals surface area contributed by atoms with Gasteiger partial charge in [0.05, 0.1) is 11.1 Å². The molecule has 2 aliphatic rings. The molecular weight excluding hydrogens is 364 g/mol. The van der Waals surface area contributed by atoms with Crippen LogP contribution >= 0.6 is 11.6 Å². The minimum absolute atomic E-state index is 0.160. The molecule has 0 saturated carbocycles. The van der Waals surface area contributed by atoms with E-state index in [-0.39, 0.29) is 11.9 Å². The number of anilines is 1. The minimum atomic E-state index is 0.160. The Bertz CT molecular complexity index is 1020. The number of hydrogen-bond acceptors (Lipinski definition) is 4. The molecule has 5 rings (SSSR count). The maximum atomic E-state index is 11.7. The van der Waals surface area contributed by atoms with E-state index in [1.807, 2.05) is 31.4 Å². The van der Waals surface area contributed by atoms with Crippen molar-refractivity contribution in [3.8, 4) is 0 Å². The lowest BCUT2D eigenvalue weighted by molar-refractivity contribution is -0.123. The molecule has 140 valence electrons. The quantitative estimate of drug-likeness (QED) is 0.726. The van der Waals surface area contributed by atoms with Gasteiger partial charge in [-0.15, -0.1) is 10.2 Å². The topological polar surface area (TPSA) is 78.8 Å². The molecule has 2 unspecified atom stereocenters. The number of hydrogen-bond donors (Lipinski definition) is 2. The lowest BCUT2D eigenvalue weighted by Crippen LogP contribution is -2.44. The second-order valence-corrected chi connectivity index (χ2v) is 7.91. The first-order valence-electron chi connectivity index (χ1n) is 9.27. The number of halogens is 1. The van der Waals surface area contributed by atoms with Gasteiger partial charge in [0, 0.05) is 50.1 Å². The molecule has 1 amide bonds. The molecule has 2 aromatic heterocycles. The standard InChI is InChI=1S/C19H21ClN6O/c1-25-16(7-12-8-21-14-4-2-3-13(20)18(12)14)23-24-19(25)26-9-11-5-6-17(27)22-15(11)10-26/h2-4,8,11,15,21H,5-7,9-10H2,1H3,(H,22,27). The predicted octanol–water partition coefficient (Wildman–Crippen LogP) is 2.26. The summed E-state index contributed by atoms with van der Waals surface area (Å²) < 4.78 is 2.05. The monoisotopic (exact) mass is 384 g/mol. The van der Waals surface area contributed by atoms with Gasteiger partial charge in [-0.1, -0.05) is 17.7 Å². The van der Waals surface area contributed by atoms with Gasteiger partial charge in [-0.25, -0.2) is 0 Å². The highest BCUT2D eigenvalue weighted by atomic mass is 35.5. The van der Waals surface area contributed by atoms with Gasteiger partial charge in [0.25, 0.3) is 0 Å². The number of carbonyl (C=O) groups excluding carboxylic acids is 1. The second kappa shape index (κ2) is 6.27. The Hall–Kier alpha value is -2.54. The zero-order chi connectivity index (χ0) is 18.5. The average Bonchev–Trinajstić information content (AvgIpc) is 3.33. The van der Waals surface area contributed by atoms with Gasteiger partial charge in [-0.2, -0.15) is 0 Å². The van der Waals surface area contributed by atoms with Crippen molar-refractivity contribution < 1.29 is 4.79 Å². The molecule has 1 aromatic carbocycles. The van der Waals surface area contributed by atoms with E-state index in [4.69, 9.17) is 11.6 Å². The van der Waals surface area contributed by atoms with Crippen LogP contribution in [-0.4, -0.2) is 44.8 Å². The SMILES string of the molecule is Cn1c(Cc2c[nH]c3cccc(Cl)c23)nnc1N1CC2CCC(=O)NC2C1. The zero-order valence-corrected chi connectivity index (χ0v) is 15.8. The van der Waals surface area contributed by atoms with E-state index in [2.05, 4.69) is 30.0 Å². The van der Waals surface area contributed by atoms with Gasteiger partial charge in [-0.3, -0.25) is 4.79 Å². The van der Waals surface area contributed by atoms with Gasteiger partial charge in [0.2, 0.25) is 11.9 Å². The number of amides is 1. The van der Waals surface area contributed by atoms with Crippen molar-refractivity contribution in [1.82, 2.24) is 25.1 Å². The normalized spacial score (nSPS) is 22.3. The van der Waals surface area contributed by atoms with Gasteiger partial charge in [0.15, 0.2) is 0 Å². The highest BCUT2D eigenvalue weighted by Crippen LogP contribution is 2.30. The van der Waals surface area contributed by atoms with E-state index in [1.165, 1.54) is 0 Å². The van der Waals surface area contributed by atoms with Crippen LogP contribution in [0.15, 0.2) is 24.4 Å². The fraction of sp³-hybridized carbons (Fsp3) is 0.421. The number of aromatic amines is 1. The lowest BCUT2D eigenvalue weighted by Gasteiger charge is -2.24. The molecule has 7 nitrogen and oxygen atoms in total. The van der Waals surface area contributed by atoms with Gasteiger partial charge in [-0.05, 0) is 30.0 Å². The molecule has 2 N–H and O–H groups in total. The Morgan fingerprint density at radius 3 is 3.07 bits per heavy atom. The fourth-order valence-corrected chi connectivity index (χ4v) is 4.68. The van der Waals surface area contributed by atoms with E-state index in [0.29, 0.717) is 18.8 Å². The fourth-order valence-electron chi connectivity index (χ4n) is 4.38. The molecule has 4 heterocycles. The summed E-state index contributed by atoms with van der Waals surface area (Å²) in [5.41, 5.74) is 2.14. The number of H-pyrrole nitrogens is 1. The Kier molecular flexibility index (Phi) is 3.86. The maximum absolute atomic E-state index is 11.7. The van der Waals surface area contributed by atoms with Crippen LogP contribution in [0.2, 0.25) is 5.02 Å². The van der Waals surface area contributed by atoms with Crippen LogP contribution in [-0.2, 0) is 18.3 Å². The van der Waals surface area contributed by atoms with Crippen molar-refractivity contribution in [1.29, 1.82) is 0 Å². The number of fused-ring (bicyclic) bond motifs is 2. The maximum Gasteiger partial charge on any atom is 0.227 e. The third-order valence-electron chi connectivity index (χ3n) is 5.84. The van der Waals surface area contributed by atoms with E-state index in [1.54, 1.807) is 0 Å². The minimum Gasteiger partial charge on any atom is -0.361 e. The van der Waals surface area contributed by atoms with Crippen LogP contribution in [0, 0.1) is 5.92 Å². The van der Waals surface area contributed by atoms with Crippen LogP contribution in [0.1, 0.15) is 24.2 Å². The van der Waals surface area contributed by atoms with Gasteiger partial charge in [0.1, 0.15) is 5.82 Å². The number of benzene rings is 1. The van der Waals surface area contributed by atoms with Crippen molar-refractivity contribution in [2.45, 2.75) is 25.3 Å². The zero-order valence-electron chi connectivity index (χ0n) is 15.1. The van der Waals surface area contributed by atoms with Crippen LogP contribution in [0.3, 0.4) is 0 Å². The number of piperidine rings is 1. The Balaban J connectivity index is 1.40. The molecule has 2 saturated heterocycles. The molecule has 0 bridgehead atoms. The summed E-state index contributed by atoms with van der Waals surface area (Å²) in [4.78, 5) is 17.2. The molecule has 2 fully saturated rings.